The highest BCUT2D eigenvalue weighted by Gasteiger charge is 2.30. The second kappa shape index (κ2) is 3.84. The Balaban J connectivity index is 2.87. The molecule has 1 atom stereocenters. The summed E-state index contributed by atoms with van der Waals surface area (Å²) in [4.78, 5) is 8.59. The van der Waals surface area contributed by atoms with E-state index in [9.17, 15) is 17.7 Å². The zero-order valence-electron chi connectivity index (χ0n) is 7.23. The zero-order valence-corrected chi connectivity index (χ0v) is 8.13. The van der Waals surface area contributed by atoms with Crippen molar-refractivity contribution in [3.63, 3.8) is 0 Å². The molecule has 8 heteroatoms. The molecule has 0 aliphatic heterocycles. The summed E-state index contributed by atoms with van der Waals surface area (Å²) in [6.07, 6.45) is -4.45. The van der Waals surface area contributed by atoms with Gasteiger partial charge in [-0.1, -0.05) is 0 Å². The van der Waals surface area contributed by atoms with Crippen molar-refractivity contribution in [2.45, 2.75) is 6.18 Å². The predicted molar refractivity (Wildman–Crippen MR) is 46.1 cm³/mol. The minimum absolute atomic E-state index is 0.198. The van der Waals surface area contributed by atoms with Crippen molar-refractivity contribution in [2.24, 2.45) is 5.50 Å². The van der Waals surface area contributed by atoms with Crippen LogP contribution in [0.15, 0.2) is 24.3 Å². The second-order valence-corrected chi connectivity index (χ2v) is 3.99. The molecule has 0 saturated heterocycles. The van der Waals surface area contributed by atoms with Crippen LogP contribution in [0.3, 0.4) is 0 Å². The third kappa shape index (κ3) is 3.91. The fraction of sp³-hybridized carbons (Fsp3) is 0.143. The van der Waals surface area contributed by atoms with Crippen LogP contribution >= 0.6 is 7.75 Å². The molecule has 1 unspecified atom stereocenters. The fourth-order valence-electron chi connectivity index (χ4n) is 0.856. The molecule has 3 N–H and O–H groups in total. The van der Waals surface area contributed by atoms with Crippen LogP contribution in [0.1, 0.15) is 5.56 Å². The molecule has 0 aliphatic carbocycles. The van der Waals surface area contributed by atoms with Crippen LogP contribution in [-0.4, -0.2) is 4.89 Å². The number of nitrogens with two attached hydrogens (primary N) is 1. The topological polar surface area (TPSA) is 72.6 Å². The molecule has 0 saturated carbocycles. The van der Waals surface area contributed by atoms with E-state index in [4.69, 9.17) is 4.89 Å². The standard InChI is InChI=1S/C7H7F3NO3P/c8-7(9,10)5-1-3-6(4-2-5)14-15(11,12)13/h1-4H,(H3,11,12,13). The van der Waals surface area contributed by atoms with Crippen molar-refractivity contribution in [2.75, 3.05) is 0 Å². The lowest BCUT2D eigenvalue weighted by molar-refractivity contribution is -0.137. The molecule has 0 radical (unpaired) electrons. The van der Waals surface area contributed by atoms with Crippen molar-refractivity contribution in [3.05, 3.63) is 29.8 Å². The van der Waals surface area contributed by atoms with Crippen LogP contribution in [0.4, 0.5) is 13.2 Å². The number of halogens is 3. The van der Waals surface area contributed by atoms with E-state index in [0.29, 0.717) is 0 Å². The summed E-state index contributed by atoms with van der Waals surface area (Å²) in [6.45, 7) is 0. The van der Waals surface area contributed by atoms with Crippen LogP contribution in [0.25, 0.3) is 0 Å². The van der Waals surface area contributed by atoms with Crippen molar-refractivity contribution < 1.29 is 27.2 Å². The van der Waals surface area contributed by atoms with E-state index in [-0.39, 0.29) is 5.75 Å². The van der Waals surface area contributed by atoms with E-state index < -0.39 is 19.5 Å². The smallest absolute Gasteiger partial charge is 0.413 e. The molecule has 1 rings (SSSR count). The maximum absolute atomic E-state index is 12.1. The van der Waals surface area contributed by atoms with Gasteiger partial charge in [-0.3, -0.25) is 0 Å². The lowest BCUT2D eigenvalue weighted by Gasteiger charge is -2.09. The SMILES string of the molecule is NP(=O)(O)Oc1ccc(C(F)(F)F)cc1. The van der Waals surface area contributed by atoms with Gasteiger partial charge in [-0.15, -0.1) is 0 Å². The Labute approximate surface area is 83.1 Å². The monoisotopic (exact) mass is 241 g/mol. The van der Waals surface area contributed by atoms with Gasteiger partial charge in [0.15, 0.2) is 0 Å². The Hall–Kier alpha value is -1.04. The van der Waals surface area contributed by atoms with E-state index in [0.717, 1.165) is 24.3 Å². The van der Waals surface area contributed by atoms with Gasteiger partial charge in [0.05, 0.1) is 5.56 Å². The number of hydrogen-bond acceptors (Lipinski definition) is 2. The van der Waals surface area contributed by atoms with E-state index in [1.54, 1.807) is 0 Å². The molecule has 0 heterocycles. The van der Waals surface area contributed by atoms with Crippen molar-refractivity contribution in [3.8, 4) is 5.75 Å². The van der Waals surface area contributed by atoms with Crippen molar-refractivity contribution >= 4 is 7.75 Å². The van der Waals surface area contributed by atoms with E-state index in [1.807, 2.05) is 0 Å². The zero-order chi connectivity index (χ0) is 11.7. The molecule has 0 fully saturated rings. The molecule has 0 aliphatic rings. The summed E-state index contributed by atoms with van der Waals surface area (Å²) in [7, 11) is -4.22. The molecule has 0 bridgehead atoms. The largest absolute Gasteiger partial charge is 0.453 e. The maximum Gasteiger partial charge on any atom is 0.453 e. The summed E-state index contributed by atoms with van der Waals surface area (Å²) in [5.74, 6) is -0.198. The Morgan fingerprint density at radius 2 is 1.73 bits per heavy atom. The lowest BCUT2D eigenvalue weighted by Crippen LogP contribution is -2.05. The van der Waals surface area contributed by atoms with Gasteiger partial charge in [0.2, 0.25) is 0 Å². The highest BCUT2D eigenvalue weighted by Crippen LogP contribution is 2.35. The van der Waals surface area contributed by atoms with Gasteiger partial charge in [0.25, 0.3) is 0 Å². The molecular weight excluding hydrogens is 234 g/mol. The van der Waals surface area contributed by atoms with Gasteiger partial charge >= 0.3 is 13.9 Å². The van der Waals surface area contributed by atoms with E-state index in [2.05, 4.69) is 10.0 Å². The first-order chi connectivity index (χ1) is 6.68. The Bertz CT molecular complexity index is 383. The summed E-state index contributed by atoms with van der Waals surface area (Å²) < 4.78 is 51.1. The average molecular weight is 241 g/mol. The second-order valence-electron chi connectivity index (χ2n) is 2.68. The van der Waals surface area contributed by atoms with E-state index in [1.165, 1.54) is 0 Å². The minimum atomic E-state index is -4.45. The van der Waals surface area contributed by atoms with Gasteiger partial charge in [-0.2, -0.15) is 13.2 Å². The highest BCUT2D eigenvalue weighted by molar-refractivity contribution is 7.50. The van der Waals surface area contributed by atoms with Crippen molar-refractivity contribution in [1.29, 1.82) is 0 Å². The van der Waals surface area contributed by atoms with Gasteiger partial charge in [-0.25, -0.2) is 10.1 Å². The Morgan fingerprint density at radius 3 is 2.07 bits per heavy atom. The number of benzene rings is 1. The summed E-state index contributed by atoms with van der Waals surface area (Å²) in [5.41, 5.74) is 3.78. The lowest BCUT2D eigenvalue weighted by atomic mass is 10.2. The van der Waals surface area contributed by atoms with Crippen LogP contribution in [-0.2, 0) is 10.7 Å². The Kier molecular flexibility index (Phi) is 3.08. The van der Waals surface area contributed by atoms with E-state index >= 15 is 0 Å². The molecule has 84 valence electrons. The first-order valence-corrected chi connectivity index (χ1v) is 5.31. The molecule has 0 spiro atoms. The van der Waals surface area contributed by atoms with Gasteiger partial charge in [-0.05, 0) is 24.3 Å². The van der Waals surface area contributed by atoms with Gasteiger partial charge in [0.1, 0.15) is 5.75 Å². The molecule has 1 aromatic rings. The average Bonchev–Trinajstić information content (AvgIpc) is 2.00. The molecule has 15 heavy (non-hydrogen) atoms. The minimum Gasteiger partial charge on any atom is -0.413 e. The Morgan fingerprint density at radius 1 is 1.27 bits per heavy atom. The summed E-state index contributed by atoms with van der Waals surface area (Å²) in [6, 6.07) is 3.28. The van der Waals surface area contributed by atoms with Crippen LogP contribution in [0.5, 0.6) is 5.75 Å². The molecule has 4 nitrogen and oxygen atoms in total. The molecule has 1 aromatic carbocycles. The predicted octanol–water partition coefficient (Wildman–Crippen LogP) is 2.14. The van der Waals surface area contributed by atoms with Crippen LogP contribution < -0.4 is 10.0 Å². The van der Waals surface area contributed by atoms with Crippen LogP contribution in [0, 0.1) is 0 Å². The van der Waals surface area contributed by atoms with Gasteiger partial charge < -0.3 is 9.42 Å². The first-order valence-electron chi connectivity index (χ1n) is 3.67. The molecule has 0 amide bonds. The third-order valence-electron chi connectivity index (χ3n) is 1.42. The fourth-order valence-corrected chi connectivity index (χ4v) is 1.28. The third-order valence-corrected chi connectivity index (χ3v) is 1.89. The van der Waals surface area contributed by atoms with Crippen LogP contribution in [0.2, 0.25) is 0 Å². The summed E-state index contributed by atoms with van der Waals surface area (Å²) >= 11 is 0. The van der Waals surface area contributed by atoms with Gasteiger partial charge in [0, 0.05) is 0 Å². The number of hydrogen-bond donors (Lipinski definition) is 2. The number of rotatable bonds is 2. The molecule has 0 aromatic heterocycles. The highest BCUT2D eigenvalue weighted by atomic mass is 31.2. The maximum atomic E-state index is 12.1. The van der Waals surface area contributed by atoms with Crippen molar-refractivity contribution in [1.82, 2.24) is 0 Å². The molecular formula is C7H7F3NO3P. The normalized spacial score (nSPS) is 15.8. The first kappa shape index (κ1) is 12.0. The summed E-state index contributed by atoms with van der Waals surface area (Å²) in [5, 5.41) is 0. The quantitative estimate of drug-likeness (QED) is 0.778. The number of alkyl halides is 3.